The fourth-order valence-electron chi connectivity index (χ4n) is 1.89. The molecule has 2 nitrogen and oxygen atoms in total. The van der Waals surface area contributed by atoms with Crippen molar-refractivity contribution in [1.82, 2.24) is 9.78 Å². The van der Waals surface area contributed by atoms with Crippen molar-refractivity contribution in [3.8, 4) is 5.69 Å². The van der Waals surface area contributed by atoms with Crippen LogP contribution < -0.4 is 0 Å². The molecule has 0 saturated heterocycles. The van der Waals surface area contributed by atoms with E-state index in [0.717, 1.165) is 22.8 Å². The van der Waals surface area contributed by atoms with Crippen LogP contribution >= 0.6 is 12.6 Å². The van der Waals surface area contributed by atoms with Gasteiger partial charge in [-0.25, -0.2) is 4.68 Å². The van der Waals surface area contributed by atoms with Crippen LogP contribution in [0, 0.1) is 13.8 Å². The Balaban J connectivity index is 2.48. The van der Waals surface area contributed by atoms with Crippen LogP contribution in [-0.2, 0) is 0 Å². The van der Waals surface area contributed by atoms with E-state index in [0.29, 0.717) is 0 Å². The van der Waals surface area contributed by atoms with Gasteiger partial charge in [0.15, 0.2) is 0 Å². The zero-order chi connectivity index (χ0) is 12.3. The Morgan fingerprint density at radius 3 is 2.59 bits per heavy atom. The van der Waals surface area contributed by atoms with E-state index in [1.54, 1.807) is 0 Å². The third kappa shape index (κ3) is 2.44. The first-order valence-electron chi connectivity index (χ1n) is 5.63. The summed E-state index contributed by atoms with van der Waals surface area (Å²) in [6.07, 6.45) is 4.12. The van der Waals surface area contributed by atoms with Gasteiger partial charge in [-0.3, -0.25) is 0 Å². The Bertz CT molecular complexity index is 527. The highest BCUT2D eigenvalue weighted by atomic mass is 32.1. The predicted octanol–water partition coefficient (Wildman–Crippen LogP) is 3.43. The van der Waals surface area contributed by atoms with Crippen LogP contribution in [0.1, 0.15) is 17.0 Å². The SMILES string of the molecule is Cc1nn(-c2ccccc2)c(C)c1C=CCS. The molecule has 0 N–H and O–H groups in total. The van der Waals surface area contributed by atoms with E-state index in [4.69, 9.17) is 0 Å². The number of rotatable bonds is 3. The molecule has 3 heteroatoms. The molecule has 1 heterocycles. The van der Waals surface area contributed by atoms with E-state index < -0.39 is 0 Å². The van der Waals surface area contributed by atoms with Crippen molar-refractivity contribution < 1.29 is 0 Å². The fourth-order valence-corrected chi connectivity index (χ4v) is 1.99. The highest BCUT2D eigenvalue weighted by molar-refractivity contribution is 7.80. The van der Waals surface area contributed by atoms with Gasteiger partial charge in [0.2, 0.25) is 0 Å². The Labute approximate surface area is 107 Å². The monoisotopic (exact) mass is 244 g/mol. The molecule has 0 aliphatic rings. The van der Waals surface area contributed by atoms with E-state index in [1.807, 2.05) is 35.9 Å². The third-order valence-electron chi connectivity index (χ3n) is 2.74. The predicted molar refractivity (Wildman–Crippen MR) is 75.9 cm³/mol. The highest BCUT2D eigenvalue weighted by Crippen LogP contribution is 2.18. The molecule has 0 radical (unpaired) electrons. The number of nitrogens with zero attached hydrogens (tertiary/aromatic N) is 2. The summed E-state index contributed by atoms with van der Waals surface area (Å²) in [6, 6.07) is 10.2. The smallest absolute Gasteiger partial charge is 0.0673 e. The van der Waals surface area contributed by atoms with E-state index >= 15 is 0 Å². The first-order chi connectivity index (χ1) is 8.24. The van der Waals surface area contributed by atoms with Gasteiger partial charge in [0.1, 0.15) is 0 Å². The average Bonchev–Trinajstić information content (AvgIpc) is 2.64. The number of benzene rings is 1. The molecule has 0 unspecified atom stereocenters. The molecule has 0 aliphatic carbocycles. The largest absolute Gasteiger partial charge is 0.237 e. The molecule has 1 aromatic carbocycles. The maximum atomic E-state index is 4.57. The second-order valence-corrected chi connectivity index (χ2v) is 4.28. The molecule has 17 heavy (non-hydrogen) atoms. The van der Waals surface area contributed by atoms with Crippen molar-refractivity contribution in [2.75, 3.05) is 5.75 Å². The van der Waals surface area contributed by atoms with E-state index in [2.05, 4.69) is 42.9 Å². The van der Waals surface area contributed by atoms with Gasteiger partial charge in [-0.2, -0.15) is 17.7 Å². The molecular formula is C14H16N2S. The van der Waals surface area contributed by atoms with Gasteiger partial charge in [-0.1, -0.05) is 30.4 Å². The first kappa shape index (κ1) is 12.0. The van der Waals surface area contributed by atoms with Crippen molar-refractivity contribution in [3.05, 3.63) is 53.4 Å². The van der Waals surface area contributed by atoms with Crippen LogP contribution in [0.3, 0.4) is 0 Å². The number of thiol groups is 1. The summed E-state index contributed by atoms with van der Waals surface area (Å²) >= 11 is 4.18. The zero-order valence-corrected chi connectivity index (χ0v) is 11.0. The van der Waals surface area contributed by atoms with Gasteiger partial charge in [0, 0.05) is 17.0 Å². The molecule has 2 aromatic rings. The van der Waals surface area contributed by atoms with Crippen molar-refractivity contribution in [1.29, 1.82) is 0 Å². The third-order valence-corrected chi connectivity index (χ3v) is 2.95. The standard InChI is InChI=1S/C14H16N2S/c1-11-14(9-6-10-17)12(2)16(15-11)13-7-4-3-5-8-13/h3-9,17H,10H2,1-2H3. The summed E-state index contributed by atoms with van der Waals surface area (Å²) in [6.45, 7) is 4.12. The Morgan fingerprint density at radius 2 is 1.94 bits per heavy atom. The molecule has 1 aromatic heterocycles. The minimum Gasteiger partial charge on any atom is -0.237 e. The van der Waals surface area contributed by atoms with Crippen LogP contribution in [0.15, 0.2) is 36.4 Å². The normalized spacial score (nSPS) is 11.2. The van der Waals surface area contributed by atoms with E-state index in [1.165, 1.54) is 5.56 Å². The maximum absolute atomic E-state index is 4.57. The summed E-state index contributed by atoms with van der Waals surface area (Å²) in [4.78, 5) is 0. The number of aryl methyl sites for hydroxylation is 1. The Kier molecular flexibility index (Phi) is 3.69. The molecule has 0 amide bonds. The van der Waals surface area contributed by atoms with Gasteiger partial charge in [0.25, 0.3) is 0 Å². The zero-order valence-electron chi connectivity index (χ0n) is 10.1. The quantitative estimate of drug-likeness (QED) is 0.819. The number of aromatic nitrogens is 2. The first-order valence-corrected chi connectivity index (χ1v) is 6.26. The topological polar surface area (TPSA) is 17.8 Å². The molecule has 2 rings (SSSR count). The van der Waals surface area contributed by atoms with E-state index in [9.17, 15) is 0 Å². The molecular weight excluding hydrogens is 228 g/mol. The van der Waals surface area contributed by atoms with E-state index in [-0.39, 0.29) is 0 Å². The summed E-state index contributed by atoms with van der Waals surface area (Å²) < 4.78 is 1.98. The lowest BCUT2D eigenvalue weighted by Gasteiger charge is -2.03. The molecule has 0 spiro atoms. The lowest BCUT2D eigenvalue weighted by molar-refractivity contribution is 0.833. The highest BCUT2D eigenvalue weighted by Gasteiger charge is 2.09. The second-order valence-electron chi connectivity index (χ2n) is 3.92. The molecule has 0 bridgehead atoms. The van der Waals surface area contributed by atoms with Crippen LogP contribution in [-0.4, -0.2) is 15.5 Å². The van der Waals surface area contributed by atoms with Gasteiger partial charge in [-0.15, -0.1) is 0 Å². The van der Waals surface area contributed by atoms with Gasteiger partial charge < -0.3 is 0 Å². The van der Waals surface area contributed by atoms with Crippen LogP contribution in [0.2, 0.25) is 0 Å². The molecule has 0 atom stereocenters. The minimum atomic E-state index is 0.745. The minimum absolute atomic E-state index is 0.745. The lowest BCUT2D eigenvalue weighted by atomic mass is 10.2. The number of para-hydroxylation sites is 1. The summed E-state index contributed by atoms with van der Waals surface area (Å²) in [7, 11) is 0. The number of hydrogen-bond acceptors (Lipinski definition) is 2. The summed E-state index contributed by atoms with van der Waals surface area (Å²) in [5, 5.41) is 4.57. The average molecular weight is 244 g/mol. The van der Waals surface area contributed by atoms with Gasteiger partial charge in [-0.05, 0) is 26.0 Å². The van der Waals surface area contributed by atoms with Gasteiger partial charge in [0.05, 0.1) is 11.4 Å². The summed E-state index contributed by atoms with van der Waals surface area (Å²) in [5.74, 6) is 0.745. The van der Waals surface area contributed by atoms with Crippen molar-refractivity contribution in [2.45, 2.75) is 13.8 Å². The molecule has 0 fully saturated rings. The molecule has 0 aliphatic heterocycles. The maximum Gasteiger partial charge on any atom is 0.0673 e. The second kappa shape index (κ2) is 5.23. The van der Waals surface area contributed by atoms with Crippen LogP contribution in [0.5, 0.6) is 0 Å². The summed E-state index contributed by atoms with van der Waals surface area (Å²) in [5.41, 5.74) is 4.48. The Morgan fingerprint density at radius 1 is 1.24 bits per heavy atom. The van der Waals surface area contributed by atoms with Crippen LogP contribution in [0.4, 0.5) is 0 Å². The molecule has 88 valence electrons. The van der Waals surface area contributed by atoms with Gasteiger partial charge >= 0.3 is 0 Å². The number of hydrogen-bond donors (Lipinski definition) is 1. The molecule has 0 saturated carbocycles. The van der Waals surface area contributed by atoms with Crippen molar-refractivity contribution in [3.63, 3.8) is 0 Å². The Hall–Kier alpha value is -1.48. The van der Waals surface area contributed by atoms with Crippen molar-refractivity contribution >= 4 is 18.7 Å². The van der Waals surface area contributed by atoms with Crippen molar-refractivity contribution in [2.24, 2.45) is 0 Å². The van der Waals surface area contributed by atoms with Crippen LogP contribution in [0.25, 0.3) is 11.8 Å². The fraction of sp³-hybridized carbons (Fsp3) is 0.214. The lowest BCUT2D eigenvalue weighted by Crippen LogP contribution is -1.98.